The number of aromatic nitrogens is 1. The van der Waals surface area contributed by atoms with Crippen LogP contribution in [0.4, 0.5) is 30.7 Å². The standard InChI is InChI=1S/C16H8F7NO/c17-14(18,15(19,20)16(21,22)23)13-8-12(24-25-13)11-6-5-9-3-1-2-4-10(9)7-11/h1-8H. The molecule has 1 heterocycles. The summed E-state index contributed by atoms with van der Waals surface area (Å²) >= 11 is 0. The maximum absolute atomic E-state index is 13.6. The number of nitrogens with zero attached hydrogens (tertiary/aromatic N) is 1. The summed E-state index contributed by atoms with van der Waals surface area (Å²) in [4.78, 5) is 0. The van der Waals surface area contributed by atoms with Crippen LogP contribution in [0.3, 0.4) is 0 Å². The number of hydrogen-bond acceptors (Lipinski definition) is 2. The molecule has 0 N–H and O–H groups in total. The van der Waals surface area contributed by atoms with E-state index in [1.54, 1.807) is 30.3 Å². The first kappa shape index (κ1) is 17.2. The highest BCUT2D eigenvalue weighted by Crippen LogP contribution is 2.52. The zero-order chi connectivity index (χ0) is 18.5. The molecule has 3 aromatic rings. The van der Waals surface area contributed by atoms with E-state index in [4.69, 9.17) is 0 Å². The molecule has 0 saturated heterocycles. The van der Waals surface area contributed by atoms with E-state index >= 15 is 0 Å². The van der Waals surface area contributed by atoms with Gasteiger partial charge in [0.25, 0.3) is 0 Å². The molecule has 0 aliphatic heterocycles. The third-order valence-corrected chi connectivity index (χ3v) is 3.62. The summed E-state index contributed by atoms with van der Waals surface area (Å²) in [6.45, 7) is 0. The van der Waals surface area contributed by atoms with Crippen molar-refractivity contribution in [3.8, 4) is 11.3 Å². The monoisotopic (exact) mass is 363 g/mol. The summed E-state index contributed by atoms with van der Waals surface area (Å²) in [6.07, 6.45) is -6.44. The lowest BCUT2D eigenvalue weighted by molar-refractivity contribution is -0.363. The largest absolute Gasteiger partial charge is 0.460 e. The Morgan fingerprint density at radius 3 is 2.04 bits per heavy atom. The molecule has 2 nitrogen and oxygen atoms in total. The molecule has 25 heavy (non-hydrogen) atoms. The fourth-order valence-electron chi connectivity index (χ4n) is 2.24. The van der Waals surface area contributed by atoms with E-state index in [0.717, 1.165) is 5.39 Å². The average molecular weight is 363 g/mol. The van der Waals surface area contributed by atoms with Crippen molar-refractivity contribution in [1.82, 2.24) is 5.16 Å². The highest BCUT2D eigenvalue weighted by molar-refractivity contribution is 5.86. The van der Waals surface area contributed by atoms with E-state index in [0.29, 0.717) is 11.5 Å². The van der Waals surface area contributed by atoms with Gasteiger partial charge in [-0.2, -0.15) is 30.7 Å². The summed E-state index contributed by atoms with van der Waals surface area (Å²) in [7, 11) is 0. The minimum absolute atomic E-state index is 0.236. The van der Waals surface area contributed by atoms with Gasteiger partial charge in [-0.1, -0.05) is 41.6 Å². The second-order valence-electron chi connectivity index (χ2n) is 5.28. The average Bonchev–Trinajstić information content (AvgIpc) is 3.04. The molecule has 0 atom stereocenters. The number of hydrogen-bond donors (Lipinski definition) is 0. The smallest absolute Gasteiger partial charge is 0.354 e. The predicted octanol–water partition coefficient (Wildman–Crippen LogP) is 5.78. The fourth-order valence-corrected chi connectivity index (χ4v) is 2.24. The van der Waals surface area contributed by atoms with Crippen LogP contribution in [-0.2, 0) is 5.92 Å². The van der Waals surface area contributed by atoms with Crippen molar-refractivity contribution in [1.29, 1.82) is 0 Å². The number of benzene rings is 2. The third kappa shape index (κ3) is 2.73. The van der Waals surface area contributed by atoms with Crippen LogP contribution in [0.25, 0.3) is 22.0 Å². The van der Waals surface area contributed by atoms with Crippen molar-refractivity contribution in [2.45, 2.75) is 18.0 Å². The van der Waals surface area contributed by atoms with Gasteiger partial charge in [0.15, 0.2) is 0 Å². The molecule has 0 amide bonds. The van der Waals surface area contributed by atoms with Crippen molar-refractivity contribution in [3.05, 3.63) is 54.3 Å². The molecular formula is C16H8F7NO. The van der Waals surface area contributed by atoms with Gasteiger partial charge in [-0.15, -0.1) is 0 Å². The van der Waals surface area contributed by atoms with E-state index in [1.165, 1.54) is 12.1 Å². The lowest BCUT2D eigenvalue weighted by Crippen LogP contribution is -2.49. The van der Waals surface area contributed by atoms with Crippen LogP contribution >= 0.6 is 0 Å². The summed E-state index contributed by atoms with van der Waals surface area (Å²) in [5.74, 6) is -13.7. The van der Waals surface area contributed by atoms with Crippen LogP contribution in [0, 0.1) is 0 Å². The Balaban J connectivity index is 2.01. The van der Waals surface area contributed by atoms with Gasteiger partial charge < -0.3 is 4.52 Å². The van der Waals surface area contributed by atoms with Crippen molar-refractivity contribution in [3.63, 3.8) is 0 Å². The summed E-state index contributed by atoms with van der Waals surface area (Å²) in [5.41, 5.74) is -0.0433. The minimum Gasteiger partial charge on any atom is -0.354 e. The summed E-state index contributed by atoms with van der Waals surface area (Å²) in [6, 6.07) is 12.0. The van der Waals surface area contributed by atoms with Crippen LogP contribution in [0.15, 0.2) is 53.1 Å². The number of rotatable bonds is 3. The Morgan fingerprint density at radius 2 is 1.40 bits per heavy atom. The first-order valence-electron chi connectivity index (χ1n) is 6.83. The quantitative estimate of drug-likeness (QED) is 0.551. The van der Waals surface area contributed by atoms with Gasteiger partial charge in [-0.05, 0) is 16.8 Å². The molecule has 0 aliphatic carbocycles. The summed E-state index contributed by atoms with van der Waals surface area (Å²) < 4.78 is 94.1. The van der Waals surface area contributed by atoms with Crippen molar-refractivity contribution >= 4 is 10.8 Å². The second-order valence-corrected chi connectivity index (χ2v) is 5.28. The first-order valence-corrected chi connectivity index (χ1v) is 6.83. The first-order chi connectivity index (χ1) is 11.5. The van der Waals surface area contributed by atoms with Gasteiger partial charge in [0.1, 0.15) is 5.69 Å². The Kier molecular flexibility index (Phi) is 3.77. The SMILES string of the molecule is FC(F)(F)C(F)(F)C(F)(F)c1cc(-c2ccc3ccccc3c2)no1. The maximum Gasteiger partial charge on any atom is 0.460 e. The maximum atomic E-state index is 13.6. The predicted molar refractivity (Wildman–Crippen MR) is 74.3 cm³/mol. The molecule has 3 rings (SSSR count). The zero-order valence-electron chi connectivity index (χ0n) is 12.1. The Morgan fingerprint density at radius 1 is 0.760 bits per heavy atom. The van der Waals surface area contributed by atoms with Crippen LogP contribution < -0.4 is 0 Å². The van der Waals surface area contributed by atoms with Gasteiger partial charge in [0, 0.05) is 11.6 Å². The molecule has 0 spiro atoms. The number of halogens is 7. The fraction of sp³-hybridized carbons (Fsp3) is 0.188. The van der Waals surface area contributed by atoms with Gasteiger partial charge >= 0.3 is 18.0 Å². The lowest BCUT2D eigenvalue weighted by atomic mass is 10.0. The van der Waals surface area contributed by atoms with Crippen LogP contribution in [0.2, 0.25) is 0 Å². The highest BCUT2D eigenvalue weighted by atomic mass is 19.4. The highest BCUT2D eigenvalue weighted by Gasteiger charge is 2.75. The Labute approximate surface area is 135 Å². The molecule has 0 fully saturated rings. The van der Waals surface area contributed by atoms with Gasteiger partial charge in [-0.3, -0.25) is 0 Å². The number of alkyl halides is 7. The second kappa shape index (κ2) is 5.47. The molecule has 0 saturated carbocycles. The molecule has 0 unspecified atom stereocenters. The van der Waals surface area contributed by atoms with Crippen LogP contribution in [0.1, 0.15) is 5.76 Å². The van der Waals surface area contributed by atoms with Crippen LogP contribution in [-0.4, -0.2) is 17.3 Å². The van der Waals surface area contributed by atoms with E-state index < -0.39 is 23.8 Å². The molecule has 9 heteroatoms. The molecule has 1 aromatic heterocycles. The third-order valence-electron chi connectivity index (χ3n) is 3.62. The molecule has 132 valence electrons. The van der Waals surface area contributed by atoms with Crippen molar-refractivity contribution in [2.75, 3.05) is 0 Å². The van der Waals surface area contributed by atoms with Gasteiger partial charge in [-0.25, -0.2) is 0 Å². The normalized spacial score (nSPS) is 13.4. The van der Waals surface area contributed by atoms with E-state index in [2.05, 4.69) is 9.68 Å². The van der Waals surface area contributed by atoms with Crippen molar-refractivity contribution in [2.24, 2.45) is 0 Å². The summed E-state index contributed by atoms with van der Waals surface area (Å²) in [5, 5.41) is 4.73. The van der Waals surface area contributed by atoms with E-state index in [9.17, 15) is 30.7 Å². The zero-order valence-corrected chi connectivity index (χ0v) is 12.1. The Hall–Kier alpha value is -2.58. The van der Waals surface area contributed by atoms with E-state index in [-0.39, 0.29) is 11.3 Å². The van der Waals surface area contributed by atoms with Crippen LogP contribution in [0.5, 0.6) is 0 Å². The van der Waals surface area contributed by atoms with Gasteiger partial charge in [0.05, 0.1) is 0 Å². The minimum atomic E-state index is -6.44. The number of fused-ring (bicyclic) bond motifs is 1. The molecule has 0 bridgehead atoms. The Bertz CT molecular complexity index is 914. The topological polar surface area (TPSA) is 26.0 Å². The molecule has 0 aliphatic rings. The van der Waals surface area contributed by atoms with Gasteiger partial charge in [0.2, 0.25) is 5.76 Å². The van der Waals surface area contributed by atoms with E-state index in [1.807, 2.05) is 0 Å². The molecule has 0 radical (unpaired) electrons. The molecular weight excluding hydrogens is 355 g/mol. The molecule has 2 aromatic carbocycles. The van der Waals surface area contributed by atoms with Crippen molar-refractivity contribution < 1.29 is 35.3 Å². The lowest BCUT2D eigenvalue weighted by Gasteiger charge is -2.25.